The zero-order valence-electron chi connectivity index (χ0n) is 7.74. The highest BCUT2D eigenvalue weighted by molar-refractivity contribution is 5.69. The van der Waals surface area contributed by atoms with Gasteiger partial charge in [-0.1, -0.05) is 0 Å². The highest BCUT2D eigenvalue weighted by Gasteiger charge is 2.05. The van der Waals surface area contributed by atoms with E-state index in [-0.39, 0.29) is 6.42 Å². The predicted octanol–water partition coefficient (Wildman–Crippen LogP) is 0.289. The van der Waals surface area contributed by atoms with Gasteiger partial charge >= 0.3 is 5.97 Å². The third-order valence-corrected chi connectivity index (χ3v) is 1.78. The van der Waals surface area contributed by atoms with Crippen molar-refractivity contribution in [3.05, 3.63) is 36.5 Å². The molecule has 0 amide bonds. The van der Waals surface area contributed by atoms with Crippen molar-refractivity contribution in [3.8, 4) is 5.82 Å². The topological polar surface area (TPSA) is 80.9 Å². The minimum Gasteiger partial charge on any atom is -0.481 e. The Balaban J connectivity index is 2.24. The smallest absolute Gasteiger partial charge is 0.309 e. The fourth-order valence-electron chi connectivity index (χ4n) is 1.16. The van der Waals surface area contributed by atoms with Crippen LogP contribution in [0.1, 0.15) is 5.69 Å². The van der Waals surface area contributed by atoms with E-state index in [1.165, 1.54) is 11.0 Å². The van der Waals surface area contributed by atoms with Crippen molar-refractivity contribution >= 4 is 5.97 Å². The molecule has 0 atom stereocenters. The van der Waals surface area contributed by atoms with Gasteiger partial charge in [-0.3, -0.25) is 4.79 Å². The molecule has 2 rings (SSSR count). The predicted molar refractivity (Wildman–Crippen MR) is 50.5 cm³/mol. The van der Waals surface area contributed by atoms with Crippen LogP contribution in [-0.4, -0.2) is 30.8 Å². The lowest BCUT2D eigenvalue weighted by Crippen LogP contribution is -2.03. The first kappa shape index (κ1) is 9.32. The molecule has 2 aromatic heterocycles. The summed E-state index contributed by atoms with van der Waals surface area (Å²) in [6, 6.07) is 3.34. The molecule has 1 N–H and O–H groups in total. The average Bonchev–Trinajstić information content (AvgIpc) is 2.67. The molecule has 0 aliphatic heterocycles. The number of nitrogens with zero attached hydrogens (tertiary/aromatic N) is 4. The summed E-state index contributed by atoms with van der Waals surface area (Å²) in [5.41, 5.74) is 0.501. The number of carbonyl (C=O) groups is 1. The second kappa shape index (κ2) is 3.87. The maximum Gasteiger partial charge on any atom is 0.309 e. The molecule has 0 aromatic carbocycles. The van der Waals surface area contributed by atoms with Crippen LogP contribution < -0.4 is 0 Å². The van der Waals surface area contributed by atoms with Gasteiger partial charge in [-0.25, -0.2) is 14.6 Å². The lowest BCUT2D eigenvalue weighted by atomic mass is 10.3. The third kappa shape index (κ3) is 2.16. The van der Waals surface area contributed by atoms with Crippen LogP contribution in [-0.2, 0) is 11.2 Å². The number of carboxylic acid groups (broad SMARTS) is 1. The van der Waals surface area contributed by atoms with Crippen LogP contribution in [0, 0.1) is 0 Å². The van der Waals surface area contributed by atoms with Crippen molar-refractivity contribution in [1.29, 1.82) is 0 Å². The zero-order chi connectivity index (χ0) is 10.7. The molecule has 0 aliphatic carbocycles. The quantitative estimate of drug-likeness (QED) is 0.777. The van der Waals surface area contributed by atoms with Crippen molar-refractivity contribution in [2.45, 2.75) is 6.42 Å². The molecular weight excluding hydrogens is 196 g/mol. The van der Waals surface area contributed by atoms with Crippen LogP contribution >= 0.6 is 0 Å². The number of carboxylic acids is 1. The van der Waals surface area contributed by atoms with Crippen LogP contribution in [0.4, 0.5) is 0 Å². The fourth-order valence-corrected chi connectivity index (χ4v) is 1.16. The van der Waals surface area contributed by atoms with Gasteiger partial charge < -0.3 is 5.11 Å². The van der Waals surface area contributed by atoms with E-state index < -0.39 is 5.97 Å². The summed E-state index contributed by atoms with van der Waals surface area (Å²) in [7, 11) is 0. The van der Waals surface area contributed by atoms with Gasteiger partial charge in [0.1, 0.15) is 6.33 Å². The minimum absolute atomic E-state index is 0.0852. The molecule has 6 nitrogen and oxygen atoms in total. The molecular formula is C9H8N4O2. The largest absolute Gasteiger partial charge is 0.481 e. The van der Waals surface area contributed by atoms with Crippen molar-refractivity contribution in [2.24, 2.45) is 0 Å². The monoisotopic (exact) mass is 204 g/mol. The Kier molecular flexibility index (Phi) is 2.40. The summed E-state index contributed by atoms with van der Waals surface area (Å²) < 4.78 is 1.51. The first-order valence-corrected chi connectivity index (χ1v) is 4.28. The molecule has 0 saturated carbocycles. The molecule has 0 unspecified atom stereocenters. The molecule has 0 bridgehead atoms. The van der Waals surface area contributed by atoms with Crippen LogP contribution in [0.25, 0.3) is 5.82 Å². The number of hydrogen-bond donors (Lipinski definition) is 1. The summed E-state index contributed by atoms with van der Waals surface area (Å²) in [4.78, 5) is 18.2. The molecule has 2 aromatic rings. The van der Waals surface area contributed by atoms with E-state index in [9.17, 15) is 4.79 Å². The number of hydrogen-bond acceptors (Lipinski definition) is 4. The lowest BCUT2D eigenvalue weighted by molar-refractivity contribution is -0.136. The third-order valence-electron chi connectivity index (χ3n) is 1.78. The highest BCUT2D eigenvalue weighted by Crippen LogP contribution is 2.03. The van der Waals surface area contributed by atoms with E-state index in [0.717, 1.165) is 0 Å². The average molecular weight is 204 g/mol. The summed E-state index contributed by atoms with van der Waals surface area (Å²) in [5, 5.41) is 12.6. The second-order valence-corrected chi connectivity index (χ2v) is 2.89. The molecule has 15 heavy (non-hydrogen) atoms. The Bertz CT molecular complexity index is 466. The molecule has 2 heterocycles. The Morgan fingerprint density at radius 1 is 1.47 bits per heavy atom. The van der Waals surface area contributed by atoms with E-state index in [1.54, 1.807) is 24.5 Å². The Morgan fingerprint density at radius 2 is 2.33 bits per heavy atom. The van der Waals surface area contributed by atoms with Crippen LogP contribution in [0.5, 0.6) is 0 Å². The van der Waals surface area contributed by atoms with Crippen molar-refractivity contribution < 1.29 is 9.90 Å². The van der Waals surface area contributed by atoms with E-state index in [4.69, 9.17) is 5.11 Å². The first-order valence-electron chi connectivity index (χ1n) is 4.28. The summed E-state index contributed by atoms with van der Waals surface area (Å²) in [6.45, 7) is 0. The van der Waals surface area contributed by atoms with Gasteiger partial charge in [0.15, 0.2) is 5.82 Å². The van der Waals surface area contributed by atoms with Crippen molar-refractivity contribution in [2.75, 3.05) is 0 Å². The normalized spacial score (nSPS) is 10.1. The van der Waals surface area contributed by atoms with Gasteiger partial charge in [-0.2, -0.15) is 5.10 Å². The van der Waals surface area contributed by atoms with Crippen LogP contribution in [0.2, 0.25) is 0 Å². The summed E-state index contributed by atoms with van der Waals surface area (Å²) in [5.74, 6) is -0.287. The van der Waals surface area contributed by atoms with Crippen LogP contribution in [0.15, 0.2) is 30.9 Å². The number of aliphatic carboxylic acids is 1. The van der Waals surface area contributed by atoms with Gasteiger partial charge in [0, 0.05) is 18.5 Å². The van der Waals surface area contributed by atoms with Gasteiger partial charge in [-0.05, 0) is 6.07 Å². The van der Waals surface area contributed by atoms with Crippen LogP contribution in [0.3, 0.4) is 0 Å². The number of rotatable bonds is 3. The van der Waals surface area contributed by atoms with E-state index in [0.29, 0.717) is 11.5 Å². The molecule has 0 saturated heterocycles. The molecule has 76 valence electrons. The Morgan fingerprint density at radius 3 is 3.00 bits per heavy atom. The van der Waals surface area contributed by atoms with Gasteiger partial charge in [0.2, 0.25) is 0 Å². The van der Waals surface area contributed by atoms with Crippen molar-refractivity contribution in [1.82, 2.24) is 19.7 Å². The lowest BCUT2D eigenvalue weighted by Gasteiger charge is -1.97. The molecule has 6 heteroatoms. The summed E-state index contributed by atoms with van der Waals surface area (Å²) in [6.07, 6.45) is 4.59. The SMILES string of the molecule is O=C(O)Cc1ccn(-c2ccncn2)n1. The van der Waals surface area contributed by atoms with Gasteiger partial charge in [0.05, 0.1) is 12.1 Å². The van der Waals surface area contributed by atoms with Gasteiger partial charge in [-0.15, -0.1) is 0 Å². The summed E-state index contributed by atoms with van der Waals surface area (Å²) >= 11 is 0. The van der Waals surface area contributed by atoms with Crippen molar-refractivity contribution in [3.63, 3.8) is 0 Å². The molecule has 0 radical (unpaired) electrons. The Hall–Kier alpha value is -2.24. The highest BCUT2D eigenvalue weighted by atomic mass is 16.4. The maximum atomic E-state index is 10.4. The fraction of sp³-hybridized carbons (Fsp3) is 0.111. The number of aromatic nitrogens is 4. The first-order chi connectivity index (χ1) is 7.25. The minimum atomic E-state index is -0.900. The molecule has 0 fully saturated rings. The van der Waals surface area contributed by atoms with Gasteiger partial charge in [0.25, 0.3) is 0 Å². The standard InChI is InChI=1S/C9H8N4O2/c14-9(15)5-7-2-4-13(12-7)8-1-3-10-6-11-8/h1-4,6H,5H2,(H,14,15). The maximum absolute atomic E-state index is 10.4. The zero-order valence-corrected chi connectivity index (χ0v) is 7.74. The Labute approximate surface area is 85.2 Å². The molecule has 0 aliphatic rings. The second-order valence-electron chi connectivity index (χ2n) is 2.89. The van der Waals surface area contributed by atoms with E-state index in [2.05, 4.69) is 15.1 Å². The van der Waals surface area contributed by atoms with E-state index >= 15 is 0 Å². The van der Waals surface area contributed by atoms with E-state index in [1.807, 2.05) is 0 Å². The molecule has 0 spiro atoms.